The minimum Gasteiger partial charge on any atom is -0.497 e. The van der Waals surface area contributed by atoms with Gasteiger partial charge in [-0.25, -0.2) is 0 Å². The molecule has 0 unspecified atom stereocenters. The summed E-state index contributed by atoms with van der Waals surface area (Å²) in [6.07, 6.45) is 0. The van der Waals surface area contributed by atoms with Gasteiger partial charge in [-0.1, -0.05) is 18.2 Å². The summed E-state index contributed by atoms with van der Waals surface area (Å²) in [5.41, 5.74) is 2.07. The third-order valence-corrected chi connectivity index (χ3v) is 3.19. The summed E-state index contributed by atoms with van der Waals surface area (Å²) in [5.74, 6) is 2.52. The number of hydrogen-bond acceptors (Lipinski definition) is 3. The van der Waals surface area contributed by atoms with Crippen molar-refractivity contribution in [3.63, 3.8) is 0 Å². The Balaban J connectivity index is 2.11. The van der Waals surface area contributed by atoms with E-state index in [1.807, 2.05) is 66.1 Å². The molecule has 0 spiro atoms. The van der Waals surface area contributed by atoms with E-state index < -0.39 is 0 Å². The van der Waals surface area contributed by atoms with Gasteiger partial charge in [-0.05, 0) is 43.3 Å². The monoisotopic (exact) mass is 265 g/mol. The van der Waals surface area contributed by atoms with E-state index in [9.17, 15) is 0 Å². The van der Waals surface area contributed by atoms with Crippen molar-refractivity contribution in [3.8, 4) is 22.8 Å². The highest BCUT2D eigenvalue weighted by Gasteiger charge is 2.12. The largest absolute Gasteiger partial charge is 0.497 e. The maximum Gasteiger partial charge on any atom is 0.168 e. The van der Waals surface area contributed by atoms with E-state index >= 15 is 0 Å². The van der Waals surface area contributed by atoms with Gasteiger partial charge in [0.05, 0.1) is 7.11 Å². The van der Waals surface area contributed by atoms with Gasteiger partial charge in [-0.2, -0.15) is 0 Å². The van der Waals surface area contributed by atoms with E-state index in [0.717, 1.165) is 28.6 Å². The summed E-state index contributed by atoms with van der Waals surface area (Å²) >= 11 is 0. The van der Waals surface area contributed by atoms with Crippen molar-refractivity contribution in [1.29, 1.82) is 0 Å². The van der Waals surface area contributed by atoms with Gasteiger partial charge in [-0.15, -0.1) is 10.2 Å². The number of hydrogen-bond donors (Lipinski definition) is 0. The Kier molecular flexibility index (Phi) is 3.21. The van der Waals surface area contributed by atoms with Crippen molar-refractivity contribution < 1.29 is 4.74 Å². The Labute approximate surface area is 117 Å². The Morgan fingerprint density at radius 2 is 1.60 bits per heavy atom. The van der Waals surface area contributed by atoms with E-state index in [2.05, 4.69) is 10.2 Å². The van der Waals surface area contributed by atoms with Gasteiger partial charge in [0, 0.05) is 11.3 Å². The molecule has 3 aromatic rings. The first-order chi connectivity index (χ1) is 9.79. The number of nitrogens with zero attached hydrogens (tertiary/aromatic N) is 3. The van der Waals surface area contributed by atoms with Crippen LogP contribution < -0.4 is 4.74 Å². The number of para-hydroxylation sites is 1. The lowest BCUT2D eigenvalue weighted by Gasteiger charge is -2.09. The zero-order valence-corrected chi connectivity index (χ0v) is 11.4. The van der Waals surface area contributed by atoms with Crippen LogP contribution in [0.1, 0.15) is 5.82 Å². The zero-order valence-electron chi connectivity index (χ0n) is 11.4. The second-order valence-corrected chi connectivity index (χ2v) is 4.47. The molecule has 20 heavy (non-hydrogen) atoms. The minimum atomic E-state index is 0.830. The Hall–Kier alpha value is -2.62. The summed E-state index contributed by atoms with van der Waals surface area (Å²) < 4.78 is 7.23. The van der Waals surface area contributed by atoms with Gasteiger partial charge in [-0.3, -0.25) is 4.57 Å². The number of ether oxygens (including phenoxy) is 1. The van der Waals surface area contributed by atoms with Crippen LogP contribution in [-0.4, -0.2) is 21.9 Å². The average molecular weight is 265 g/mol. The highest BCUT2D eigenvalue weighted by atomic mass is 16.5. The SMILES string of the molecule is COc1ccc(-c2nnc(C)n2-c2ccccc2)cc1. The number of aryl methyl sites for hydroxylation is 1. The summed E-state index contributed by atoms with van der Waals surface area (Å²) in [6.45, 7) is 1.95. The molecular formula is C16H15N3O. The highest BCUT2D eigenvalue weighted by molar-refractivity contribution is 5.59. The van der Waals surface area contributed by atoms with E-state index in [1.165, 1.54) is 0 Å². The minimum absolute atomic E-state index is 0.830. The molecule has 0 amide bonds. The van der Waals surface area contributed by atoms with Crippen molar-refractivity contribution in [2.75, 3.05) is 7.11 Å². The molecule has 4 heteroatoms. The lowest BCUT2D eigenvalue weighted by atomic mass is 10.2. The Morgan fingerprint density at radius 3 is 2.25 bits per heavy atom. The summed E-state index contributed by atoms with van der Waals surface area (Å²) in [5, 5.41) is 8.48. The van der Waals surface area contributed by atoms with Gasteiger partial charge >= 0.3 is 0 Å². The third kappa shape index (κ3) is 2.16. The maximum atomic E-state index is 5.18. The molecule has 0 saturated carbocycles. The number of methoxy groups -OCH3 is 1. The van der Waals surface area contributed by atoms with Gasteiger partial charge in [0.2, 0.25) is 0 Å². The standard InChI is InChI=1S/C16H15N3O/c1-12-17-18-16(13-8-10-15(20-2)11-9-13)19(12)14-6-4-3-5-7-14/h3-11H,1-2H3. The molecule has 0 bridgehead atoms. The molecule has 0 fully saturated rings. The number of aromatic nitrogens is 3. The van der Waals surface area contributed by atoms with Gasteiger partial charge in [0.25, 0.3) is 0 Å². The summed E-state index contributed by atoms with van der Waals surface area (Å²) in [6, 6.07) is 17.9. The Morgan fingerprint density at radius 1 is 0.900 bits per heavy atom. The van der Waals surface area contributed by atoms with Crippen LogP contribution in [-0.2, 0) is 0 Å². The lowest BCUT2D eigenvalue weighted by Crippen LogP contribution is -1.99. The fraction of sp³-hybridized carbons (Fsp3) is 0.125. The van der Waals surface area contributed by atoms with Crippen LogP contribution in [0, 0.1) is 6.92 Å². The number of rotatable bonds is 3. The molecule has 0 aliphatic heterocycles. The van der Waals surface area contributed by atoms with Crippen molar-refractivity contribution in [3.05, 3.63) is 60.4 Å². The van der Waals surface area contributed by atoms with E-state index in [1.54, 1.807) is 7.11 Å². The van der Waals surface area contributed by atoms with Crippen molar-refractivity contribution in [2.45, 2.75) is 6.92 Å². The molecule has 0 aliphatic rings. The summed E-state index contributed by atoms with van der Waals surface area (Å²) in [7, 11) is 1.66. The molecule has 0 saturated heterocycles. The van der Waals surface area contributed by atoms with Gasteiger partial charge in [0.15, 0.2) is 5.82 Å². The molecule has 0 radical (unpaired) electrons. The molecule has 3 rings (SSSR count). The van der Waals surface area contributed by atoms with Crippen LogP contribution >= 0.6 is 0 Å². The second kappa shape index (κ2) is 5.17. The van der Waals surface area contributed by atoms with Crippen LogP contribution in [0.4, 0.5) is 0 Å². The normalized spacial score (nSPS) is 10.5. The topological polar surface area (TPSA) is 39.9 Å². The van der Waals surface area contributed by atoms with Crippen molar-refractivity contribution >= 4 is 0 Å². The smallest absolute Gasteiger partial charge is 0.168 e. The van der Waals surface area contributed by atoms with Crippen LogP contribution in [0.3, 0.4) is 0 Å². The second-order valence-electron chi connectivity index (χ2n) is 4.47. The quantitative estimate of drug-likeness (QED) is 0.729. The molecule has 4 nitrogen and oxygen atoms in total. The van der Waals surface area contributed by atoms with E-state index in [4.69, 9.17) is 4.74 Å². The zero-order chi connectivity index (χ0) is 13.9. The first kappa shape index (κ1) is 12.4. The highest BCUT2D eigenvalue weighted by Crippen LogP contribution is 2.24. The Bertz CT molecular complexity index is 702. The fourth-order valence-electron chi connectivity index (χ4n) is 2.18. The molecule has 1 aromatic heterocycles. The molecule has 1 heterocycles. The van der Waals surface area contributed by atoms with Gasteiger partial charge in [0.1, 0.15) is 11.6 Å². The van der Waals surface area contributed by atoms with Crippen LogP contribution in [0.25, 0.3) is 17.1 Å². The average Bonchev–Trinajstić information content (AvgIpc) is 2.90. The third-order valence-electron chi connectivity index (χ3n) is 3.19. The molecular weight excluding hydrogens is 250 g/mol. The van der Waals surface area contributed by atoms with E-state index in [-0.39, 0.29) is 0 Å². The molecule has 100 valence electrons. The number of benzene rings is 2. The van der Waals surface area contributed by atoms with Gasteiger partial charge < -0.3 is 4.74 Å². The predicted molar refractivity (Wildman–Crippen MR) is 78.1 cm³/mol. The lowest BCUT2D eigenvalue weighted by molar-refractivity contribution is 0.415. The van der Waals surface area contributed by atoms with Crippen LogP contribution in [0.15, 0.2) is 54.6 Å². The first-order valence-electron chi connectivity index (χ1n) is 6.41. The molecule has 0 aliphatic carbocycles. The molecule has 0 N–H and O–H groups in total. The summed E-state index contributed by atoms with van der Waals surface area (Å²) in [4.78, 5) is 0. The first-order valence-corrected chi connectivity index (χ1v) is 6.41. The maximum absolute atomic E-state index is 5.18. The van der Waals surface area contributed by atoms with Crippen LogP contribution in [0.2, 0.25) is 0 Å². The van der Waals surface area contributed by atoms with Crippen molar-refractivity contribution in [2.24, 2.45) is 0 Å². The fourth-order valence-corrected chi connectivity index (χ4v) is 2.18. The molecule has 0 atom stereocenters. The molecule has 2 aromatic carbocycles. The predicted octanol–water partition coefficient (Wildman–Crippen LogP) is 3.25. The van der Waals surface area contributed by atoms with Crippen molar-refractivity contribution in [1.82, 2.24) is 14.8 Å². The van der Waals surface area contributed by atoms with Crippen LogP contribution in [0.5, 0.6) is 5.75 Å². The van der Waals surface area contributed by atoms with E-state index in [0.29, 0.717) is 0 Å².